The molecule has 0 radical (unpaired) electrons. The number of nitrogens with one attached hydrogen (secondary N) is 1. The molecule has 25 heavy (non-hydrogen) atoms. The van der Waals surface area contributed by atoms with Crippen molar-refractivity contribution in [3.63, 3.8) is 0 Å². The normalized spacial score (nSPS) is 27.8. The lowest BCUT2D eigenvalue weighted by atomic mass is 9.81. The van der Waals surface area contributed by atoms with Crippen LogP contribution in [0.15, 0.2) is 24.3 Å². The summed E-state index contributed by atoms with van der Waals surface area (Å²) in [5, 5.41) is 12.6. The van der Waals surface area contributed by atoms with Gasteiger partial charge in [-0.2, -0.15) is 0 Å². The van der Waals surface area contributed by atoms with E-state index in [0.717, 1.165) is 25.7 Å². The van der Waals surface area contributed by atoms with E-state index in [1.807, 2.05) is 0 Å². The van der Waals surface area contributed by atoms with Crippen LogP contribution >= 0.6 is 0 Å². The minimum absolute atomic E-state index is 0.0533. The first-order chi connectivity index (χ1) is 12.0. The van der Waals surface area contributed by atoms with Crippen molar-refractivity contribution in [3.8, 4) is 0 Å². The number of likely N-dealkylation sites (tertiary alicyclic amines) is 1. The second-order valence-electron chi connectivity index (χ2n) is 7.56. The van der Waals surface area contributed by atoms with Gasteiger partial charge in [0.25, 0.3) is 11.8 Å². The van der Waals surface area contributed by atoms with Crippen molar-refractivity contribution in [1.29, 1.82) is 0 Å². The molecule has 0 bridgehead atoms. The zero-order valence-electron chi connectivity index (χ0n) is 14.0. The third kappa shape index (κ3) is 2.79. The van der Waals surface area contributed by atoms with Crippen molar-refractivity contribution in [2.75, 3.05) is 13.1 Å². The molecule has 0 spiro atoms. The van der Waals surface area contributed by atoms with Gasteiger partial charge in [-0.1, -0.05) is 6.42 Å². The van der Waals surface area contributed by atoms with Gasteiger partial charge in [-0.3, -0.25) is 14.4 Å². The molecule has 2 N–H and O–H groups in total. The Hall–Kier alpha value is -2.37. The summed E-state index contributed by atoms with van der Waals surface area (Å²) >= 11 is 0. The van der Waals surface area contributed by atoms with E-state index < -0.39 is 11.4 Å². The Morgan fingerprint density at radius 1 is 1.08 bits per heavy atom. The Bertz CT molecular complexity index is 725. The van der Waals surface area contributed by atoms with Crippen LogP contribution in [0.2, 0.25) is 0 Å². The Balaban J connectivity index is 1.46. The third-order valence-corrected chi connectivity index (χ3v) is 5.89. The van der Waals surface area contributed by atoms with E-state index in [-0.39, 0.29) is 24.3 Å². The molecular formula is C19H22N2O4. The minimum Gasteiger partial charge on any atom is -0.481 e. The van der Waals surface area contributed by atoms with Gasteiger partial charge in [0.05, 0.1) is 5.41 Å². The number of carbonyl (C=O) groups is 3. The lowest BCUT2D eigenvalue weighted by Crippen LogP contribution is -2.37. The summed E-state index contributed by atoms with van der Waals surface area (Å²) in [4.78, 5) is 38.2. The van der Waals surface area contributed by atoms with Gasteiger partial charge in [-0.05, 0) is 55.9 Å². The van der Waals surface area contributed by atoms with Gasteiger partial charge in [0.2, 0.25) is 0 Å². The summed E-state index contributed by atoms with van der Waals surface area (Å²) in [7, 11) is 0. The highest BCUT2D eigenvalue weighted by atomic mass is 16.4. The predicted molar refractivity (Wildman–Crippen MR) is 90.2 cm³/mol. The lowest BCUT2D eigenvalue weighted by Gasteiger charge is -2.23. The number of amides is 2. The predicted octanol–water partition coefficient (Wildman–Crippen LogP) is 1.91. The number of hydrogen-bond donors (Lipinski definition) is 2. The molecule has 132 valence electrons. The first kappa shape index (κ1) is 16.1. The maximum Gasteiger partial charge on any atom is 0.311 e. The SMILES string of the molecule is O=C(NC1CC1)c1ccc(C(=O)N2C[C@@H]3CCC[C@@]3(C(=O)O)C2)cc1. The maximum atomic E-state index is 12.7. The molecule has 0 aromatic heterocycles. The second kappa shape index (κ2) is 5.86. The second-order valence-corrected chi connectivity index (χ2v) is 7.56. The summed E-state index contributed by atoms with van der Waals surface area (Å²) in [5.41, 5.74) is 0.284. The van der Waals surface area contributed by atoms with Crippen LogP contribution in [-0.2, 0) is 4.79 Å². The first-order valence-electron chi connectivity index (χ1n) is 8.93. The lowest BCUT2D eigenvalue weighted by molar-refractivity contribution is -0.149. The molecule has 6 heteroatoms. The molecule has 2 aliphatic carbocycles. The zero-order chi connectivity index (χ0) is 17.6. The van der Waals surface area contributed by atoms with Gasteiger partial charge in [0.15, 0.2) is 0 Å². The Kier molecular flexibility index (Phi) is 3.78. The first-order valence-corrected chi connectivity index (χ1v) is 8.93. The molecule has 6 nitrogen and oxygen atoms in total. The Labute approximate surface area is 146 Å². The van der Waals surface area contributed by atoms with Gasteiger partial charge >= 0.3 is 5.97 Å². The average Bonchev–Trinajstić information content (AvgIpc) is 3.18. The standard InChI is InChI=1S/C19H22N2O4/c22-16(20-15-7-8-15)12-3-5-13(6-4-12)17(23)21-10-14-2-1-9-19(14,11-21)18(24)25/h3-6,14-15H,1-2,7-11H2,(H,20,22)(H,24,25)/t14-,19+/m0/s1. The number of carboxylic acids is 1. The van der Waals surface area contributed by atoms with Crippen LogP contribution in [-0.4, -0.2) is 46.9 Å². The number of aliphatic carboxylic acids is 1. The molecule has 2 amide bonds. The topological polar surface area (TPSA) is 86.7 Å². The minimum atomic E-state index is -0.780. The van der Waals surface area contributed by atoms with Crippen LogP contribution in [0, 0.1) is 11.3 Å². The number of fused-ring (bicyclic) bond motifs is 1. The fourth-order valence-electron chi connectivity index (χ4n) is 4.24. The maximum absolute atomic E-state index is 12.7. The Morgan fingerprint density at radius 3 is 2.36 bits per heavy atom. The molecule has 0 unspecified atom stereocenters. The molecule has 2 saturated carbocycles. The van der Waals surface area contributed by atoms with E-state index in [1.165, 1.54) is 0 Å². The largest absolute Gasteiger partial charge is 0.481 e. The van der Waals surface area contributed by atoms with Crippen molar-refractivity contribution < 1.29 is 19.5 Å². The molecule has 3 fully saturated rings. The quantitative estimate of drug-likeness (QED) is 0.875. The number of hydrogen-bond acceptors (Lipinski definition) is 3. The van der Waals surface area contributed by atoms with E-state index >= 15 is 0 Å². The van der Waals surface area contributed by atoms with Crippen LogP contribution in [0.5, 0.6) is 0 Å². The molecule has 1 aromatic rings. The number of rotatable bonds is 4. The van der Waals surface area contributed by atoms with Gasteiger partial charge in [0.1, 0.15) is 0 Å². The van der Waals surface area contributed by atoms with Gasteiger partial charge in [-0.15, -0.1) is 0 Å². The smallest absolute Gasteiger partial charge is 0.311 e. The van der Waals surface area contributed by atoms with Crippen LogP contribution in [0.1, 0.15) is 52.8 Å². The van der Waals surface area contributed by atoms with E-state index in [1.54, 1.807) is 29.2 Å². The van der Waals surface area contributed by atoms with Crippen LogP contribution in [0.25, 0.3) is 0 Å². The van der Waals surface area contributed by atoms with Gasteiger partial charge in [0, 0.05) is 30.3 Å². The Morgan fingerprint density at radius 2 is 1.76 bits per heavy atom. The summed E-state index contributed by atoms with van der Waals surface area (Å²) in [5.74, 6) is -0.985. The average molecular weight is 342 g/mol. The van der Waals surface area contributed by atoms with Crippen molar-refractivity contribution in [2.24, 2.45) is 11.3 Å². The van der Waals surface area contributed by atoms with Gasteiger partial charge < -0.3 is 15.3 Å². The van der Waals surface area contributed by atoms with Crippen molar-refractivity contribution in [2.45, 2.75) is 38.1 Å². The third-order valence-electron chi connectivity index (χ3n) is 5.89. The van der Waals surface area contributed by atoms with Gasteiger partial charge in [-0.25, -0.2) is 0 Å². The molecule has 1 aliphatic heterocycles. The number of benzene rings is 1. The highest BCUT2D eigenvalue weighted by Crippen LogP contribution is 2.49. The fourth-order valence-corrected chi connectivity index (χ4v) is 4.24. The van der Waals surface area contributed by atoms with E-state index in [0.29, 0.717) is 30.1 Å². The molecule has 1 aromatic carbocycles. The molecule has 4 rings (SSSR count). The highest BCUT2D eigenvalue weighted by Gasteiger charge is 2.55. The molecule has 1 saturated heterocycles. The van der Waals surface area contributed by atoms with E-state index in [4.69, 9.17) is 0 Å². The summed E-state index contributed by atoms with van der Waals surface area (Å²) < 4.78 is 0. The number of carbonyl (C=O) groups excluding carboxylic acids is 2. The molecule has 3 aliphatic rings. The van der Waals surface area contributed by atoms with Crippen LogP contribution < -0.4 is 5.32 Å². The van der Waals surface area contributed by atoms with Crippen LogP contribution in [0.4, 0.5) is 0 Å². The van der Waals surface area contributed by atoms with E-state index in [9.17, 15) is 19.5 Å². The molecule has 2 atom stereocenters. The van der Waals surface area contributed by atoms with Crippen molar-refractivity contribution >= 4 is 17.8 Å². The fraction of sp³-hybridized carbons (Fsp3) is 0.526. The molecular weight excluding hydrogens is 320 g/mol. The highest BCUT2D eigenvalue weighted by molar-refractivity contribution is 5.98. The number of nitrogens with zero attached hydrogens (tertiary/aromatic N) is 1. The molecule has 1 heterocycles. The van der Waals surface area contributed by atoms with Crippen LogP contribution in [0.3, 0.4) is 0 Å². The summed E-state index contributed by atoms with van der Waals surface area (Å²) in [6.07, 6.45) is 4.50. The van der Waals surface area contributed by atoms with Crippen molar-refractivity contribution in [1.82, 2.24) is 10.2 Å². The van der Waals surface area contributed by atoms with E-state index in [2.05, 4.69) is 5.32 Å². The zero-order valence-corrected chi connectivity index (χ0v) is 14.0. The van der Waals surface area contributed by atoms with Crippen molar-refractivity contribution in [3.05, 3.63) is 35.4 Å². The summed E-state index contributed by atoms with van der Waals surface area (Å²) in [6.45, 7) is 0.796. The number of carboxylic acid groups (broad SMARTS) is 1. The summed E-state index contributed by atoms with van der Waals surface area (Å²) in [6, 6.07) is 6.94. The monoisotopic (exact) mass is 342 g/mol.